The van der Waals surface area contributed by atoms with Gasteiger partial charge in [-0.05, 0) is 65.7 Å². The Morgan fingerprint density at radius 1 is 0.938 bits per heavy atom. The second-order valence-corrected chi connectivity index (χ2v) is 7.57. The number of rotatable bonds is 5. The van der Waals surface area contributed by atoms with E-state index in [1.807, 2.05) is 43.3 Å². The lowest BCUT2D eigenvalue weighted by Crippen LogP contribution is -2.18. The van der Waals surface area contributed by atoms with Crippen molar-refractivity contribution in [1.29, 1.82) is 0 Å². The molecule has 0 fully saturated rings. The predicted molar refractivity (Wildman–Crippen MR) is 126 cm³/mol. The van der Waals surface area contributed by atoms with Crippen LogP contribution < -0.4 is 15.4 Å². The number of nitrogens with zero attached hydrogens (tertiary/aromatic N) is 1. The molecule has 2 amide bonds. The van der Waals surface area contributed by atoms with Crippen LogP contribution in [0.3, 0.4) is 0 Å². The molecule has 0 spiro atoms. The average Bonchev–Trinajstić information content (AvgIpc) is 2.80. The maximum absolute atomic E-state index is 12.9. The monoisotopic (exact) mass is 445 g/mol. The molecule has 1 heterocycles. The highest BCUT2D eigenvalue weighted by Gasteiger charge is 2.12. The summed E-state index contributed by atoms with van der Waals surface area (Å²) in [6.45, 7) is 1.91. The van der Waals surface area contributed by atoms with E-state index in [-0.39, 0.29) is 17.5 Å². The molecule has 0 aliphatic carbocycles. The Labute approximate surface area is 190 Å². The molecule has 32 heavy (non-hydrogen) atoms. The molecule has 0 unspecified atom stereocenters. The first kappa shape index (κ1) is 21.3. The molecule has 2 N–H and O–H groups in total. The molecule has 1 aromatic heterocycles. The summed E-state index contributed by atoms with van der Waals surface area (Å²) in [5, 5.41) is 7.66. The summed E-state index contributed by atoms with van der Waals surface area (Å²) in [7, 11) is 1.54. The predicted octanol–water partition coefficient (Wildman–Crippen LogP) is 5.60. The quantitative estimate of drug-likeness (QED) is 0.419. The molecule has 0 radical (unpaired) electrons. The van der Waals surface area contributed by atoms with Crippen molar-refractivity contribution in [3.63, 3.8) is 0 Å². The zero-order valence-corrected chi connectivity index (χ0v) is 18.2. The Morgan fingerprint density at radius 3 is 2.53 bits per heavy atom. The lowest BCUT2D eigenvalue weighted by molar-refractivity contribution is 0.0957. The molecule has 0 aliphatic heterocycles. The Balaban J connectivity index is 1.59. The number of anilines is 1. The van der Waals surface area contributed by atoms with Gasteiger partial charge in [0.15, 0.2) is 0 Å². The summed E-state index contributed by atoms with van der Waals surface area (Å²) < 4.78 is 5.91. The van der Waals surface area contributed by atoms with E-state index in [9.17, 15) is 9.59 Å². The topological polar surface area (TPSA) is 80.3 Å². The van der Waals surface area contributed by atoms with Crippen molar-refractivity contribution in [1.82, 2.24) is 10.3 Å². The highest BCUT2D eigenvalue weighted by Crippen LogP contribution is 2.28. The fourth-order valence-corrected chi connectivity index (χ4v) is 3.44. The maximum Gasteiger partial charge on any atom is 0.269 e. The molecule has 0 bridgehead atoms. The van der Waals surface area contributed by atoms with Crippen molar-refractivity contribution in [2.24, 2.45) is 0 Å². The first-order valence-corrected chi connectivity index (χ1v) is 10.3. The molecule has 6 nitrogen and oxygen atoms in total. The first-order valence-electron chi connectivity index (χ1n) is 9.91. The van der Waals surface area contributed by atoms with Gasteiger partial charge in [0, 0.05) is 35.6 Å². The molecule has 0 atom stereocenters. The fourth-order valence-electron chi connectivity index (χ4n) is 3.26. The van der Waals surface area contributed by atoms with Crippen molar-refractivity contribution in [2.45, 2.75) is 6.92 Å². The minimum absolute atomic E-state index is 0.228. The van der Waals surface area contributed by atoms with Gasteiger partial charge in [0.1, 0.15) is 17.2 Å². The van der Waals surface area contributed by atoms with Crippen LogP contribution in [0.5, 0.6) is 11.5 Å². The Morgan fingerprint density at radius 2 is 1.75 bits per heavy atom. The summed E-state index contributed by atoms with van der Waals surface area (Å²) in [5.41, 5.74) is 2.38. The number of hydrogen-bond acceptors (Lipinski definition) is 4. The van der Waals surface area contributed by atoms with Crippen LogP contribution in [0.2, 0.25) is 5.02 Å². The van der Waals surface area contributed by atoms with Gasteiger partial charge in [-0.3, -0.25) is 14.6 Å². The zero-order chi connectivity index (χ0) is 22.7. The third-order valence-corrected chi connectivity index (χ3v) is 5.36. The van der Waals surface area contributed by atoms with E-state index in [1.165, 1.54) is 6.20 Å². The molecular formula is C25H20ClN3O3. The van der Waals surface area contributed by atoms with Gasteiger partial charge in [-0.15, -0.1) is 0 Å². The van der Waals surface area contributed by atoms with Crippen LogP contribution in [0.4, 0.5) is 5.69 Å². The van der Waals surface area contributed by atoms with E-state index < -0.39 is 0 Å². The lowest BCUT2D eigenvalue weighted by Gasteiger charge is -2.11. The number of amides is 2. The van der Waals surface area contributed by atoms with Crippen LogP contribution >= 0.6 is 11.6 Å². The van der Waals surface area contributed by atoms with Gasteiger partial charge >= 0.3 is 0 Å². The molecule has 7 heteroatoms. The number of benzene rings is 3. The van der Waals surface area contributed by atoms with Gasteiger partial charge in [0.05, 0.1) is 0 Å². The zero-order valence-electron chi connectivity index (χ0n) is 17.5. The normalized spacial score (nSPS) is 10.6. The number of ether oxygens (including phenoxy) is 1. The van der Waals surface area contributed by atoms with E-state index in [4.69, 9.17) is 16.3 Å². The second kappa shape index (κ2) is 9.08. The number of fused-ring (bicyclic) bond motifs is 1. The first-order chi connectivity index (χ1) is 15.4. The van der Waals surface area contributed by atoms with Crippen molar-refractivity contribution < 1.29 is 14.3 Å². The number of halogens is 1. The summed E-state index contributed by atoms with van der Waals surface area (Å²) in [6, 6.07) is 19.6. The van der Waals surface area contributed by atoms with E-state index in [1.54, 1.807) is 37.4 Å². The van der Waals surface area contributed by atoms with Crippen LogP contribution in [0, 0.1) is 6.92 Å². The number of nitrogens with one attached hydrogen (secondary N) is 2. The molecule has 4 rings (SSSR count). The SMILES string of the molecule is CNC(=O)c1cc(Oc2ccc3c(C(=O)Nc4ccc(C)c(Cl)c4)cccc3c2)ccn1. The smallest absolute Gasteiger partial charge is 0.269 e. The summed E-state index contributed by atoms with van der Waals surface area (Å²) in [6.07, 6.45) is 1.51. The Bertz CT molecular complexity index is 1340. The minimum Gasteiger partial charge on any atom is -0.457 e. The van der Waals surface area contributed by atoms with Crippen molar-refractivity contribution in [2.75, 3.05) is 12.4 Å². The number of carbonyl (C=O) groups is 2. The van der Waals surface area contributed by atoms with Crippen LogP contribution in [-0.4, -0.2) is 23.8 Å². The molecule has 4 aromatic rings. The van der Waals surface area contributed by atoms with E-state index >= 15 is 0 Å². The highest BCUT2D eigenvalue weighted by molar-refractivity contribution is 6.31. The van der Waals surface area contributed by atoms with Gasteiger partial charge < -0.3 is 15.4 Å². The number of hydrogen-bond donors (Lipinski definition) is 2. The highest BCUT2D eigenvalue weighted by atomic mass is 35.5. The van der Waals surface area contributed by atoms with Gasteiger partial charge in [-0.2, -0.15) is 0 Å². The van der Waals surface area contributed by atoms with E-state index in [0.717, 1.165) is 16.3 Å². The van der Waals surface area contributed by atoms with Crippen LogP contribution in [0.1, 0.15) is 26.4 Å². The number of pyridine rings is 1. The number of carbonyl (C=O) groups excluding carboxylic acids is 2. The molecule has 3 aromatic carbocycles. The van der Waals surface area contributed by atoms with Crippen molar-refractivity contribution in [3.05, 3.63) is 94.8 Å². The standard InChI is InChI=1S/C25H20ClN3O3/c1-15-6-7-17(13-22(15)26)29-24(30)21-5-3-4-16-12-18(8-9-20(16)21)32-19-10-11-28-23(14-19)25(31)27-2/h3-14H,1-2H3,(H,27,31)(H,29,30). The third-order valence-electron chi connectivity index (χ3n) is 4.95. The molecular weight excluding hydrogens is 426 g/mol. The largest absolute Gasteiger partial charge is 0.457 e. The van der Waals surface area contributed by atoms with Crippen LogP contribution in [0.25, 0.3) is 10.8 Å². The van der Waals surface area contributed by atoms with Crippen molar-refractivity contribution >= 4 is 39.9 Å². The van der Waals surface area contributed by atoms with Crippen molar-refractivity contribution in [3.8, 4) is 11.5 Å². The van der Waals surface area contributed by atoms with Gasteiger partial charge in [-0.25, -0.2) is 0 Å². The van der Waals surface area contributed by atoms with Gasteiger partial charge in [-0.1, -0.05) is 29.8 Å². The molecule has 0 saturated carbocycles. The molecule has 160 valence electrons. The fraction of sp³-hybridized carbons (Fsp3) is 0.0800. The lowest BCUT2D eigenvalue weighted by atomic mass is 10.0. The average molecular weight is 446 g/mol. The van der Waals surface area contributed by atoms with Crippen LogP contribution in [-0.2, 0) is 0 Å². The third kappa shape index (κ3) is 4.55. The van der Waals surface area contributed by atoms with Gasteiger partial charge in [0.25, 0.3) is 11.8 Å². The maximum atomic E-state index is 12.9. The molecule has 0 aliphatic rings. The minimum atomic E-state index is -0.292. The second-order valence-electron chi connectivity index (χ2n) is 7.16. The molecule has 0 saturated heterocycles. The van der Waals surface area contributed by atoms with Crippen LogP contribution in [0.15, 0.2) is 72.9 Å². The Hall–Kier alpha value is -3.90. The van der Waals surface area contributed by atoms with E-state index in [0.29, 0.717) is 27.8 Å². The van der Waals surface area contributed by atoms with E-state index in [2.05, 4.69) is 15.6 Å². The summed E-state index contributed by atoms with van der Waals surface area (Å²) in [5.74, 6) is 0.547. The van der Waals surface area contributed by atoms with Gasteiger partial charge in [0.2, 0.25) is 0 Å². The summed E-state index contributed by atoms with van der Waals surface area (Å²) in [4.78, 5) is 28.7. The Kier molecular flexibility index (Phi) is 6.05. The number of aryl methyl sites for hydroxylation is 1. The number of aromatic nitrogens is 1. The summed E-state index contributed by atoms with van der Waals surface area (Å²) >= 11 is 6.17.